The summed E-state index contributed by atoms with van der Waals surface area (Å²) in [6.07, 6.45) is -5.03. The van der Waals surface area contributed by atoms with Crippen LogP contribution in [-0.4, -0.2) is 37.9 Å². The third-order valence-corrected chi connectivity index (χ3v) is 7.72. The van der Waals surface area contributed by atoms with E-state index in [0.29, 0.717) is 34.4 Å². The van der Waals surface area contributed by atoms with Gasteiger partial charge in [-0.25, -0.2) is 13.4 Å². The first-order valence-electron chi connectivity index (χ1n) is 10.5. The topological polar surface area (TPSA) is 102 Å². The number of hydrogen-bond acceptors (Lipinski definition) is 6. The molecule has 1 aromatic heterocycles. The minimum absolute atomic E-state index is 0.0992. The van der Waals surface area contributed by atoms with E-state index in [0.717, 1.165) is 5.56 Å². The first kappa shape index (κ1) is 23.5. The zero-order chi connectivity index (χ0) is 24.0. The summed E-state index contributed by atoms with van der Waals surface area (Å²) in [5.41, 5.74) is 14.2. The summed E-state index contributed by atoms with van der Waals surface area (Å²) in [6.45, 7) is 2.37. The summed E-state index contributed by atoms with van der Waals surface area (Å²) in [7, 11) is -3.46. The molecule has 1 aliphatic heterocycles. The number of halogens is 3. The number of nitrogens with two attached hydrogens (primary N) is 2. The highest BCUT2D eigenvalue weighted by atomic mass is 32.2. The standard InChI is InChI=1S/C23H25F3N4O2S/c1-14-6-7-19-17(10-14)16(18(27)12-21(28)23(24,25)26)11-22(29-19)30-8-9-33(31,32)20-5-3-2-4-15(20)13-30/h2-7,10-11,18,21H,8-9,12-13,27-28H2,1H3. The van der Waals surface area contributed by atoms with Crippen molar-refractivity contribution in [1.82, 2.24) is 4.98 Å². The summed E-state index contributed by atoms with van der Waals surface area (Å²) in [5, 5.41) is 0.656. The second-order valence-electron chi connectivity index (χ2n) is 8.43. The highest BCUT2D eigenvalue weighted by molar-refractivity contribution is 7.91. The van der Waals surface area contributed by atoms with Crippen molar-refractivity contribution in [3.05, 3.63) is 65.2 Å². The van der Waals surface area contributed by atoms with Crippen molar-refractivity contribution in [2.45, 2.75) is 43.0 Å². The zero-order valence-electron chi connectivity index (χ0n) is 18.0. The molecule has 4 N–H and O–H groups in total. The minimum atomic E-state index is -4.55. The van der Waals surface area contributed by atoms with Crippen LogP contribution in [0.1, 0.15) is 29.2 Å². The summed E-state index contributed by atoms with van der Waals surface area (Å²) in [4.78, 5) is 6.81. The van der Waals surface area contributed by atoms with E-state index in [-0.39, 0.29) is 17.2 Å². The maximum atomic E-state index is 13.1. The molecule has 0 saturated carbocycles. The number of sulfone groups is 1. The van der Waals surface area contributed by atoms with E-state index in [9.17, 15) is 21.6 Å². The molecule has 0 fully saturated rings. The highest BCUT2D eigenvalue weighted by Gasteiger charge is 2.38. The lowest BCUT2D eigenvalue weighted by Gasteiger charge is -2.25. The molecular formula is C23H25F3N4O2S. The number of anilines is 1. The third kappa shape index (κ3) is 4.83. The largest absolute Gasteiger partial charge is 0.403 e. The van der Waals surface area contributed by atoms with Crippen LogP contribution in [0.4, 0.5) is 19.0 Å². The molecule has 0 bridgehead atoms. The number of fused-ring (bicyclic) bond motifs is 2. The molecule has 4 rings (SSSR count). The molecule has 2 aromatic carbocycles. The van der Waals surface area contributed by atoms with E-state index in [1.54, 1.807) is 36.4 Å². The van der Waals surface area contributed by atoms with Gasteiger partial charge in [-0.15, -0.1) is 0 Å². The maximum absolute atomic E-state index is 13.1. The fourth-order valence-corrected chi connectivity index (χ4v) is 5.61. The molecular weight excluding hydrogens is 453 g/mol. The van der Waals surface area contributed by atoms with Crippen LogP contribution in [-0.2, 0) is 16.4 Å². The quantitative estimate of drug-likeness (QED) is 0.594. The molecule has 2 heterocycles. The summed E-state index contributed by atoms with van der Waals surface area (Å²) in [5.74, 6) is 0.363. The van der Waals surface area contributed by atoms with Gasteiger partial charge in [0.05, 0.1) is 16.2 Å². The van der Waals surface area contributed by atoms with Gasteiger partial charge in [0, 0.05) is 24.5 Å². The number of hydrogen-bond donors (Lipinski definition) is 2. The number of benzene rings is 2. The van der Waals surface area contributed by atoms with E-state index in [1.807, 2.05) is 24.0 Å². The SMILES string of the molecule is Cc1ccc2nc(N3CCS(=O)(=O)c4ccccc4C3)cc(C(N)CC(N)C(F)(F)F)c2c1. The molecule has 2 unspecified atom stereocenters. The Morgan fingerprint density at radius 1 is 1.12 bits per heavy atom. The second-order valence-corrected chi connectivity index (χ2v) is 10.5. The molecule has 2 atom stereocenters. The molecule has 176 valence electrons. The van der Waals surface area contributed by atoms with Crippen LogP contribution in [0.15, 0.2) is 53.4 Å². The monoisotopic (exact) mass is 478 g/mol. The third-order valence-electron chi connectivity index (χ3n) is 5.93. The van der Waals surface area contributed by atoms with Crippen LogP contribution >= 0.6 is 0 Å². The Hall–Kier alpha value is -2.69. The van der Waals surface area contributed by atoms with Gasteiger partial charge in [-0.1, -0.05) is 29.8 Å². The lowest BCUT2D eigenvalue weighted by atomic mass is 9.95. The first-order chi connectivity index (χ1) is 15.5. The number of alkyl halides is 3. The van der Waals surface area contributed by atoms with Gasteiger partial charge in [0.25, 0.3) is 0 Å². The lowest BCUT2D eigenvalue weighted by Crippen LogP contribution is -2.39. The molecule has 6 nitrogen and oxygen atoms in total. The lowest BCUT2D eigenvalue weighted by molar-refractivity contribution is -0.149. The highest BCUT2D eigenvalue weighted by Crippen LogP contribution is 2.33. The average Bonchev–Trinajstić information content (AvgIpc) is 2.88. The number of rotatable bonds is 4. The summed E-state index contributed by atoms with van der Waals surface area (Å²) >= 11 is 0. The van der Waals surface area contributed by atoms with E-state index in [1.165, 1.54) is 0 Å². The van der Waals surface area contributed by atoms with Crippen LogP contribution in [0.3, 0.4) is 0 Å². The van der Waals surface area contributed by atoms with Gasteiger partial charge in [0.15, 0.2) is 9.84 Å². The van der Waals surface area contributed by atoms with Crippen LogP contribution in [0.2, 0.25) is 0 Å². The second kappa shape index (κ2) is 8.58. The number of aromatic nitrogens is 1. The van der Waals surface area contributed by atoms with Crippen molar-refractivity contribution in [1.29, 1.82) is 0 Å². The van der Waals surface area contributed by atoms with Gasteiger partial charge >= 0.3 is 6.18 Å². The van der Waals surface area contributed by atoms with Crippen LogP contribution in [0.5, 0.6) is 0 Å². The number of nitrogens with zero attached hydrogens (tertiary/aromatic N) is 2. The summed E-state index contributed by atoms with van der Waals surface area (Å²) < 4.78 is 64.7. The van der Waals surface area contributed by atoms with Crippen molar-refractivity contribution in [3.8, 4) is 0 Å². The van der Waals surface area contributed by atoms with Gasteiger partial charge < -0.3 is 16.4 Å². The van der Waals surface area contributed by atoms with Crippen molar-refractivity contribution in [3.63, 3.8) is 0 Å². The van der Waals surface area contributed by atoms with Crippen molar-refractivity contribution < 1.29 is 21.6 Å². The Bertz CT molecular complexity index is 1290. The molecule has 10 heteroatoms. The molecule has 0 amide bonds. The van der Waals surface area contributed by atoms with E-state index in [2.05, 4.69) is 0 Å². The predicted octanol–water partition coefficient (Wildman–Crippen LogP) is 3.62. The van der Waals surface area contributed by atoms with Crippen molar-refractivity contribution >= 4 is 26.6 Å². The molecule has 33 heavy (non-hydrogen) atoms. The molecule has 0 saturated heterocycles. The average molecular weight is 479 g/mol. The molecule has 0 spiro atoms. The van der Waals surface area contributed by atoms with Gasteiger partial charge in [0.2, 0.25) is 0 Å². The van der Waals surface area contributed by atoms with Gasteiger partial charge in [-0.2, -0.15) is 13.2 Å². The first-order valence-corrected chi connectivity index (χ1v) is 12.2. The number of aryl methyl sites for hydroxylation is 1. The van der Waals surface area contributed by atoms with Crippen molar-refractivity contribution in [2.75, 3.05) is 17.2 Å². The summed E-state index contributed by atoms with van der Waals surface area (Å²) in [6, 6.07) is 10.9. The molecule has 0 radical (unpaired) electrons. The van der Waals surface area contributed by atoms with Crippen molar-refractivity contribution in [2.24, 2.45) is 11.5 Å². The molecule has 1 aliphatic rings. The van der Waals surface area contributed by atoms with Crippen LogP contribution in [0.25, 0.3) is 10.9 Å². The fourth-order valence-electron chi connectivity index (χ4n) is 4.11. The van der Waals surface area contributed by atoms with E-state index >= 15 is 0 Å². The predicted molar refractivity (Wildman–Crippen MR) is 122 cm³/mol. The number of pyridine rings is 1. The normalized spacial score (nSPS) is 17.9. The fraction of sp³-hybridized carbons (Fsp3) is 0.348. The van der Waals surface area contributed by atoms with E-state index < -0.39 is 34.5 Å². The Balaban J connectivity index is 1.79. The van der Waals surface area contributed by atoms with E-state index in [4.69, 9.17) is 16.5 Å². The van der Waals surface area contributed by atoms with Crippen LogP contribution < -0.4 is 16.4 Å². The Morgan fingerprint density at radius 2 is 1.85 bits per heavy atom. The van der Waals surface area contributed by atoms with Gasteiger partial charge in [-0.05, 0) is 48.7 Å². The molecule has 0 aliphatic carbocycles. The Morgan fingerprint density at radius 3 is 2.58 bits per heavy atom. The Kier molecular flexibility index (Phi) is 6.10. The van der Waals surface area contributed by atoms with Crippen LogP contribution in [0, 0.1) is 6.92 Å². The van der Waals surface area contributed by atoms with Gasteiger partial charge in [-0.3, -0.25) is 0 Å². The van der Waals surface area contributed by atoms with Gasteiger partial charge in [0.1, 0.15) is 11.9 Å². The minimum Gasteiger partial charge on any atom is -0.351 e. The smallest absolute Gasteiger partial charge is 0.351 e. The maximum Gasteiger partial charge on any atom is 0.403 e. The zero-order valence-corrected chi connectivity index (χ0v) is 18.8. The molecule has 3 aromatic rings. The Labute approximate surface area is 190 Å².